The van der Waals surface area contributed by atoms with Gasteiger partial charge in [-0.25, -0.2) is 0 Å². The highest BCUT2D eigenvalue weighted by Gasteiger charge is 2.49. The van der Waals surface area contributed by atoms with Crippen LogP contribution in [0.3, 0.4) is 0 Å². The number of carbonyl (C=O) groups excluding carboxylic acids is 3. The zero-order valence-electron chi connectivity index (χ0n) is 18.2. The Bertz CT molecular complexity index is 1120. The van der Waals surface area contributed by atoms with E-state index in [4.69, 9.17) is 0 Å². The van der Waals surface area contributed by atoms with Gasteiger partial charge in [0, 0.05) is 4.47 Å². The standard InChI is InChI=1S/C25H24BrN3O3/c1-15(28-23(31)18-9-4-5-10-19(18)24(28)32)22(30)29-20(16-7-6-8-17(26)13-16)11-12-21(29)25(2,3)14-27/h4-10,13,15,20-21H,11-12H2,1-3H3/t15-,20+,21-/m1/s1. The van der Waals surface area contributed by atoms with Crippen molar-refractivity contribution in [2.75, 3.05) is 0 Å². The van der Waals surface area contributed by atoms with Crippen LogP contribution in [0.1, 0.15) is 65.9 Å². The van der Waals surface area contributed by atoms with Crippen LogP contribution in [0.4, 0.5) is 0 Å². The lowest BCUT2D eigenvalue weighted by molar-refractivity contribution is -0.139. The van der Waals surface area contributed by atoms with E-state index in [0.717, 1.165) is 14.9 Å². The van der Waals surface area contributed by atoms with Crippen molar-refractivity contribution in [1.29, 1.82) is 5.26 Å². The third kappa shape index (κ3) is 3.53. The summed E-state index contributed by atoms with van der Waals surface area (Å²) in [6.45, 7) is 5.25. The molecule has 0 saturated carbocycles. The Labute approximate surface area is 195 Å². The van der Waals surface area contributed by atoms with Gasteiger partial charge >= 0.3 is 0 Å². The van der Waals surface area contributed by atoms with Crippen molar-refractivity contribution in [3.63, 3.8) is 0 Å². The van der Waals surface area contributed by atoms with Gasteiger partial charge in [0.05, 0.1) is 34.7 Å². The second kappa shape index (κ2) is 8.18. The third-order valence-corrected chi connectivity index (χ3v) is 7.06. The number of nitrogens with zero attached hydrogens (tertiary/aromatic N) is 3. The van der Waals surface area contributed by atoms with E-state index in [-0.39, 0.29) is 18.0 Å². The Kier molecular flexibility index (Phi) is 5.68. The number of halogens is 1. The van der Waals surface area contributed by atoms with Gasteiger partial charge in [-0.2, -0.15) is 5.26 Å². The number of nitriles is 1. The molecule has 2 aliphatic heterocycles. The molecule has 3 amide bonds. The van der Waals surface area contributed by atoms with Crippen molar-refractivity contribution in [2.24, 2.45) is 5.41 Å². The van der Waals surface area contributed by atoms with Gasteiger partial charge in [-0.1, -0.05) is 40.2 Å². The number of carbonyl (C=O) groups is 3. The average molecular weight is 494 g/mol. The number of imide groups is 1. The highest BCUT2D eigenvalue weighted by atomic mass is 79.9. The molecule has 0 aromatic heterocycles. The lowest BCUT2D eigenvalue weighted by Gasteiger charge is -2.39. The fourth-order valence-corrected chi connectivity index (χ4v) is 5.25. The fraction of sp³-hybridized carbons (Fsp3) is 0.360. The molecule has 3 atom stereocenters. The Balaban J connectivity index is 1.72. The van der Waals surface area contributed by atoms with Gasteiger partial charge in [-0.3, -0.25) is 19.3 Å². The third-order valence-electron chi connectivity index (χ3n) is 6.56. The summed E-state index contributed by atoms with van der Waals surface area (Å²) in [6.07, 6.45) is 1.37. The van der Waals surface area contributed by atoms with Crippen molar-refractivity contribution in [3.8, 4) is 6.07 Å². The highest BCUT2D eigenvalue weighted by molar-refractivity contribution is 9.10. The Morgan fingerprint density at radius 2 is 1.72 bits per heavy atom. The topological polar surface area (TPSA) is 81.5 Å². The van der Waals surface area contributed by atoms with Crippen LogP contribution in [0.5, 0.6) is 0 Å². The minimum absolute atomic E-state index is 0.241. The molecule has 0 radical (unpaired) electrons. The second-order valence-corrected chi connectivity index (χ2v) is 9.86. The van der Waals surface area contributed by atoms with E-state index in [1.54, 1.807) is 36.1 Å². The molecule has 0 unspecified atom stereocenters. The average Bonchev–Trinajstić information content (AvgIpc) is 3.34. The molecule has 1 fully saturated rings. The summed E-state index contributed by atoms with van der Waals surface area (Å²) in [6, 6.07) is 15.2. The van der Waals surface area contributed by atoms with Crippen molar-refractivity contribution in [3.05, 3.63) is 69.7 Å². The van der Waals surface area contributed by atoms with Gasteiger partial charge < -0.3 is 4.90 Å². The number of rotatable bonds is 4. The van der Waals surface area contributed by atoms with Gasteiger partial charge in [0.25, 0.3) is 11.8 Å². The van der Waals surface area contributed by atoms with Gasteiger partial charge in [-0.15, -0.1) is 0 Å². The smallest absolute Gasteiger partial charge is 0.262 e. The molecule has 164 valence electrons. The number of benzene rings is 2. The quantitative estimate of drug-likeness (QED) is 0.577. The normalized spacial score (nSPS) is 21.5. The SMILES string of the molecule is C[C@H](C(=O)N1[C@H](c2cccc(Br)c2)CC[C@@H]1C(C)(C)C#N)N1C(=O)c2ccccc2C1=O. The second-order valence-electron chi connectivity index (χ2n) is 8.94. The molecule has 2 aromatic carbocycles. The van der Waals surface area contributed by atoms with E-state index in [2.05, 4.69) is 22.0 Å². The first-order valence-corrected chi connectivity index (χ1v) is 11.4. The molecule has 2 aliphatic rings. The lowest BCUT2D eigenvalue weighted by Crippen LogP contribution is -2.53. The number of likely N-dealkylation sites (tertiary alicyclic amines) is 1. The monoisotopic (exact) mass is 493 g/mol. The van der Waals surface area contributed by atoms with Crippen molar-refractivity contribution in [2.45, 2.75) is 51.7 Å². The molecule has 0 N–H and O–H groups in total. The largest absolute Gasteiger partial charge is 0.329 e. The lowest BCUT2D eigenvalue weighted by atomic mass is 9.84. The van der Waals surface area contributed by atoms with Gasteiger partial charge in [-0.05, 0) is 63.4 Å². The summed E-state index contributed by atoms with van der Waals surface area (Å²) in [5.41, 5.74) is 0.809. The molecule has 0 aliphatic carbocycles. The molecule has 6 nitrogen and oxygen atoms in total. The fourth-order valence-electron chi connectivity index (χ4n) is 4.83. The summed E-state index contributed by atoms with van der Waals surface area (Å²) < 4.78 is 0.902. The first-order valence-electron chi connectivity index (χ1n) is 10.6. The molecule has 32 heavy (non-hydrogen) atoms. The summed E-state index contributed by atoms with van der Waals surface area (Å²) >= 11 is 3.50. The maximum Gasteiger partial charge on any atom is 0.262 e. The predicted molar refractivity (Wildman–Crippen MR) is 123 cm³/mol. The van der Waals surface area contributed by atoms with Crippen molar-refractivity contribution in [1.82, 2.24) is 9.80 Å². The van der Waals surface area contributed by atoms with Crippen LogP contribution in [-0.4, -0.2) is 39.6 Å². The molecule has 1 saturated heterocycles. The van der Waals surface area contributed by atoms with Crippen LogP contribution in [-0.2, 0) is 4.79 Å². The van der Waals surface area contributed by atoms with E-state index < -0.39 is 23.3 Å². The van der Waals surface area contributed by atoms with Crippen LogP contribution in [0.2, 0.25) is 0 Å². The van der Waals surface area contributed by atoms with E-state index in [1.165, 1.54) is 0 Å². The summed E-state index contributed by atoms with van der Waals surface area (Å²) in [5.74, 6) is -1.24. The first kappa shape index (κ1) is 22.2. The maximum atomic E-state index is 13.9. The van der Waals surface area contributed by atoms with Crippen LogP contribution in [0.15, 0.2) is 53.0 Å². The van der Waals surface area contributed by atoms with Gasteiger partial charge in [0.15, 0.2) is 0 Å². The van der Waals surface area contributed by atoms with Crippen LogP contribution in [0, 0.1) is 16.7 Å². The minimum atomic E-state index is -0.979. The van der Waals surface area contributed by atoms with Crippen LogP contribution < -0.4 is 0 Å². The molecular weight excluding hydrogens is 470 g/mol. The minimum Gasteiger partial charge on any atom is -0.329 e. The van der Waals surface area contributed by atoms with E-state index in [1.807, 2.05) is 38.1 Å². The highest BCUT2D eigenvalue weighted by Crippen LogP contribution is 2.44. The van der Waals surface area contributed by atoms with Crippen molar-refractivity contribution >= 4 is 33.7 Å². The number of hydrogen-bond donors (Lipinski definition) is 0. The van der Waals surface area contributed by atoms with Crippen molar-refractivity contribution < 1.29 is 14.4 Å². The van der Waals surface area contributed by atoms with Crippen LogP contribution >= 0.6 is 15.9 Å². The summed E-state index contributed by atoms with van der Waals surface area (Å²) in [5, 5.41) is 9.79. The molecule has 2 heterocycles. The summed E-state index contributed by atoms with van der Waals surface area (Å²) in [4.78, 5) is 42.6. The number of hydrogen-bond acceptors (Lipinski definition) is 4. The first-order chi connectivity index (χ1) is 15.2. The molecule has 4 rings (SSSR count). The Morgan fingerprint density at radius 3 is 2.28 bits per heavy atom. The predicted octanol–water partition coefficient (Wildman–Crippen LogP) is 4.72. The Hall–Kier alpha value is -2.98. The number of fused-ring (bicyclic) bond motifs is 1. The van der Waals surface area contributed by atoms with E-state index >= 15 is 0 Å². The zero-order chi connectivity index (χ0) is 23.2. The van der Waals surface area contributed by atoms with Crippen LogP contribution in [0.25, 0.3) is 0 Å². The summed E-state index contributed by atoms with van der Waals surface area (Å²) in [7, 11) is 0. The molecule has 7 heteroatoms. The van der Waals surface area contributed by atoms with E-state index in [9.17, 15) is 19.6 Å². The van der Waals surface area contributed by atoms with E-state index in [0.29, 0.717) is 24.0 Å². The Morgan fingerprint density at radius 1 is 1.09 bits per heavy atom. The molecule has 0 bridgehead atoms. The van der Waals surface area contributed by atoms with Gasteiger partial charge in [0.2, 0.25) is 5.91 Å². The molecular formula is C25H24BrN3O3. The van der Waals surface area contributed by atoms with Gasteiger partial charge in [0.1, 0.15) is 6.04 Å². The molecule has 0 spiro atoms. The molecule has 2 aromatic rings. The zero-order valence-corrected chi connectivity index (χ0v) is 19.8. The maximum absolute atomic E-state index is 13.9. The number of amides is 3.